The predicted molar refractivity (Wildman–Crippen MR) is 73.8 cm³/mol. The maximum absolute atomic E-state index is 13.5. The van der Waals surface area contributed by atoms with Crippen molar-refractivity contribution in [1.29, 1.82) is 0 Å². The van der Waals surface area contributed by atoms with Crippen molar-refractivity contribution in [2.45, 2.75) is 31.7 Å². The number of carbonyl (C=O) groups excluding carboxylic acids is 1. The molecule has 2 heterocycles. The molecule has 2 fully saturated rings. The normalized spacial score (nSPS) is 20.5. The van der Waals surface area contributed by atoms with Crippen LogP contribution in [0.5, 0.6) is 0 Å². The van der Waals surface area contributed by atoms with Gasteiger partial charge >= 0.3 is 0 Å². The number of pyridine rings is 1. The molecule has 21 heavy (non-hydrogen) atoms. The standard InChI is InChI=1S/C15H19F2N3O/c16-11-7-13(17)14(18-8-11)15(21)19-12-3-5-20(6-4-12)9-10-1-2-10/h7-8,10,12H,1-6,9H2,(H,19,21). The van der Waals surface area contributed by atoms with Gasteiger partial charge in [0.05, 0.1) is 6.20 Å². The predicted octanol–water partition coefficient (Wildman–Crippen LogP) is 1.96. The van der Waals surface area contributed by atoms with Gasteiger partial charge in [-0.05, 0) is 31.6 Å². The molecule has 0 atom stereocenters. The van der Waals surface area contributed by atoms with Crippen LogP contribution >= 0.6 is 0 Å². The van der Waals surface area contributed by atoms with Crippen molar-refractivity contribution in [1.82, 2.24) is 15.2 Å². The van der Waals surface area contributed by atoms with Crippen LogP contribution in [-0.4, -0.2) is 41.5 Å². The fourth-order valence-corrected chi connectivity index (χ4v) is 2.76. The van der Waals surface area contributed by atoms with Crippen molar-refractivity contribution in [3.63, 3.8) is 0 Å². The van der Waals surface area contributed by atoms with E-state index in [4.69, 9.17) is 0 Å². The van der Waals surface area contributed by atoms with Crippen molar-refractivity contribution in [3.8, 4) is 0 Å². The molecule has 0 aromatic carbocycles. The SMILES string of the molecule is O=C(NC1CCN(CC2CC2)CC1)c1ncc(F)cc1F. The Morgan fingerprint density at radius 3 is 2.62 bits per heavy atom. The lowest BCUT2D eigenvalue weighted by atomic mass is 10.0. The first kappa shape index (κ1) is 14.4. The van der Waals surface area contributed by atoms with E-state index in [0.29, 0.717) is 6.07 Å². The molecule has 1 saturated heterocycles. The van der Waals surface area contributed by atoms with E-state index < -0.39 is 17.5 Å². The molecule has 114 valence electrons. The minimum absolute atomic E-state index is 0.0409. The molecule has 1 saturated carbocycles. The van der Waals surface area contributed by atoms with E-state index in [-0.39, 0.29) is 11.7 Å². The third-order valence-electron chi connectivity index (χ3n) is 4.16. The quantitative estimate of drug-likeness (QED) is 0.923. The van der Waals surface area contributed by atoms with Crippen LogP contribution in [0.1, 0.15) is 36.2 Å². The number of halogens is 2. The van der Waals surface area contributed by atoms with Crippen LogP contribution in [0.25, 0.3) is 0 Å². The van der Waals surface area contributed by atoms with E-state index >= 15 is 0 Å². The van der Waals surface area contributed by atoms with Gasteiger partial charge in [0.2, 0.25) is 0 Å². The topological polar surface area (TPSA) is 45.2 Å². The van der Waals surface area contributed by atoms with Crippen LogP contribution in [0.3, 0.4) is 0 Å². The first-order valence-electron chi connectivity index (χ1n) is 7.46. The molecule has 0 bridgehead atoms. The Labute approximate surface area is 122 Å². The number of likely N-dealkylation sites (tertiary alicyclic amines) is 1. The van der Waals surface area contributed by atoms with Crippen molar-refractivity contribution in [2.24, 2.45) is 5.92 Å². The second-order valence-corrected chi connectivity index (χ2v) is 5.98. The summed E-state index contributed by atoms with van der Waals surface area (Å²) in [5, 5.41) is 2.79. The third-order valence-corrected chi connectivity index (χ3v) is 4.16. The monoisotopic (exact) mass is 295 g/mol. The highest BCUT2D eigenvalue weighted by atomic mass is 19.1. The molecule has 6 heteroatoms. The highest BCUT2D eigenvalue weighted by molar-refractivity contribution is 5.92. The van der Waals surface area contributed by atoms with Gasteiger partial charge in [0, 0.05) is 31.7 Å². The van der Waals surface area contributed by atoms with Crippen LogP contribution in [0.4, 0.5) is 8.78 Å². The van der Waals surface area contributed by atoms with Crippen LogP contribution in [-0.2, 0) is 0 Å². The second-order valence-electron chi connectivity index (χ2n) is 5.98. The number of nitrogens with one attached hydrogen (secondary N) is 1. The molecule has 3 rings (SSSR count). The molecule has 4 nitrogen and oxygen atoms in total. The summed E-state index contributed by atoms with van der Waals surface area (Å²) in [5.41, 5.74) is -0.336. The largest absolute Gasteiger partial charge is 0.348 e. The number of aromatic nitrogens is 1. The van der Waals surface area contributed by atoms with Gasteiger partial charge in [-0.2, -0.15) is 0 Å². The smallest absolute Gasteiger partial charge is 0.273 e. The summed E-state index contributed by atoms with van der Waals surface area (Å²) < 4.78 is 26.3. The Balaban J connectivity index is 1.51. The van der Waals surface area contributed by atoms with E-state index in [1.807, 2.05) is 0 Å². The summed E-state index contributed by atoms with van der Waals surface area (Å²) in [5.74, 6) is -1.39. The molecule has 0 spiro atoms. The average molecular weight is 295 g/mol. The summed E-state index contributed by atoms with van der Waals surface area (Å²) >= 11 is 0. The maximum Gasteiger partial charge on any atom is 0.273 e. The van der Waals surface area contributed by atoms with E-state index in [2.05, 4.69) is 15.2 Å². The summed E-state index contributed by atoms with van der Waals surface area (Å²) in [6.45, 7) is 3.08. The summed E-state index contributed by atoms with van der Waals surface area (Å²) in [6, 6.07) is 0.722. The van der Waals surface area contributed by atoms with E-state index in [1.165, 1.54) is 12.8 Å². The van der Waals surface area contributed by atoms with Gasteiger partial charge in [0.15, 0.2) is 11.5 Å². The molecule has 2 aliphatic rings. The van der Waals surface area contributed by atoms with Gasteiger partial charge in [0.1, 0.15) is 5.82 Å². The molecule has 1 aromatic heterocycles. The Morgan fingerprint density at radius 1 is 1.29 bits per heavy atom. The van der Waals surface area contributed by atoms with E-state index in [1.54, 1.807) is 0 Å². The number of carbonyl (C=O) groups is 1. The van der Waals surface area contributed by atoms with Gasteiger partial charge in [-0.3, -0.25) is 4.79 Å². The van der Waals surface area contributed by atoms with Gasteiger partial charge in [-0.15, -0.1) is 0 Å². The zero-order valence-electron chi connectivity index (χ0n) is 11.8. The number of amides is 1. The fourth-order valence-electron chi connectivity index (χ4n) is 2.76. The molecule has 1 N–H and O–H groups in total. The molecular formula is C15H19F2N3O. The van der Waals surface area contributed by atoms with E-state index in [0.717, 1.165) is 44.6 Å². The highest BCUT2D eigenvalue weighted by Gasteiger charge is 2.28. The molecule has 0 unspecified atom stereocenters. The van der Waals surface area contributed by atoms with Crippen LogP contribution < -0.4 is 5.32 Å². The fraction of sp³-hybridized carbons (Fsp3) is 0.600. The molecular weight excluding hydrogens is 276 g/mol. The number of nitrogens with zero attached hydrogens (tertiary/aromatic N) is 2. The number of piperidine rings is 1. The Kier molecular flexibility index (Phi) is 4.14. The average Bonchev–Trinajstić information content (AvgIpc) is 3.25. The van der Waals surface area contributed by atoms with Crippen LogP contribution in [0.15, 0.2) is 12.3 Å². The van der Waals surface area contributed by atoms with Gasteiger partial charge < -0.3 is 10.2 Å². The van der Waals surface area contributed by atoms with Gasteiger partial charge in [0.25, 0.3) is 5.91 Å². The highest BCUT2D eigenvalue weighted by Crippen LogP contribution is 2.30. The van der Waals surface area contributed by atoms with Crippen LogP contribution in [0.2, 0.25) is 0 Å². The number of rotatable bonds is 4. The Hall–Kier alpha value is -1.56. The molecule has 1 amide bonds. The second kappa shape index (κ2) is 6.05. The maximum atomic E-state index is 13.5. The minimum atomic E-state index is -0.918. The number of hydrogen-bond acceptors (Lipinski definition) is 3. The lowest BCUT2D eigenvalue weighted by Crippen LogP contribution is -2.45. The van der Waals surface area contributed by atoms with Crippen molar-refractivity contribution in [3.05, 3.63) is 29.6 Å². The molecule has 1 aliphatic carbocycles. The van der Waals surface area contributed by atoms with E-state index in [9.17, 15) is 13.6 Å². The van der Waals surface area contributed by atoms with Crippen molar-refractivity contribution >= 4 is 5.91 Å². The van der Waals surface area contributed by atoms with Crippen molar-refractivity contribution in [2.75, 3.05) is 19.6 Å². The molecule has 1 aliphatic heterocycles. The van der Waals surface area contributed by atoms with Gasteiger partial charge in [-0.25, -0.2) is 13.8 Å². The third kappa shape index (κ3) is 3.75. The lowest BCUT2D eigenvalue weighted by molar-refractivity contribution is 0.0900. The molecule has 1 aromatic rings. The minimum Gasteiger partial charge on any atom is -0.348 e. The summed E-state index contributed by atoms with van der Waals surface area (Å²) in [6.07, 6.45) is 5.26. The Bertz CT molecular complexity index is 526. The zero-order valence-corrected chi connectivity index (χ0v) is 11.8. The van der Waals surface area contributed by atoms with Crippen LogP contribution in [0, 0.1) is 17.6 Å². The van der Waals surface area contributed by atoms with Crippen molar-refractivity contribution < 1.29 is 13.6 Å². The summed E-state index contributed by atoms with van der Waals surface area (Å²) in [7, 11) is 0. The lowest BCUT2D eigenvalue weighted by Gasteiger charge is -2.32. The zero-order chi connectivity index (χ0) is 14.8. The first-order chi connectivity index (χ1) is 10.1. The number of hydrogen-bond donors (Lipinski definition) is 1. The first-order valence-corrected chi connectivity index (χ1v) is 7.46. The summed E-state index contributed by atoms with van der Waals surface area (Å²) in [4.78, 5) is 17.9. The van der Waals surface area contributed by atoms with Gasteiger partial charge in [-0.1, -0.05) is 0 Å². The Morgan fingerprint density at radius 2 is 2.00 bits per heavy atom. The molecule has 0 radical (unpaired) electrons.